The van der Waals surface area contributed by atoms with Crippen LogP contribution in [0.5, 0.6) is 0 Å². The Labute approximate surface area is 86.9 Å². The molecule has 0 spiro atoms. The maximum atomic E-state index is 8.83. The summed E-state index contributed by atoms with van der Waals surface area (Å²) < 4.78 is 0. The van der Waals surface area contributed by atoms with Crippen LogP contribution < -0.4 is 5.73 Å². The molecule has 0 aromatic heterocycles. The monoisotopic (exact) mass is 195 g/mol. The van der Waals surface area contributed by atoms with Crippen LogP contribution >= 0.6 is 0 Å². The van der Waals surface area contributed by atoms with E-state index in [0.717, 1.165) is 13.1 Å². The largest absolute Gasteiger partial charge is 0.313 e. The smallest absolute Gasteiger partial charge is 0.114 e. The molecule has 1 fully saturated rings. The second-order valence-electron chi connectivity index (χ2n) is 5.47. The van der Waals surface area contributed by atoms with E-state index >= 15 is 0 Å². The van der Waals surface area contributed by atoms with Crippen molar-refractivity contribution in [3.05, 3.63) is 0 Å². The van der Waals surface area contributed by atoms with Crippen LogP contribution in [0.1, 0.15) is 33.6 Å². The number of nitriles is 1. The third-order valence-electron chi connectivity index (χ3n) is 3.02. The second kappa shape index (κ2) is 3.88. The van der Waals surface area contributed by atoms with Gasteiger partial charge in [-0.05, 0) is 38.3 Å². The molecule has 1 atom stereocenters. The molecule has 0 aromatic rings. The first-order valence-electron chi connectivity index (χ1n) is 5.27. The quantitative estimate of drug-likeness (QED) is 0.723. The Morgan fingerprint density at radius 3 is 2.36 bits per heavy atom. The summed E-state index contributed by atoms with van der Waals surface area (Å²) in [7, 11) is 0. The van der Waals surface area contributed by atoms with Crippen molar-refractivity contribution in [1.29, 1.82) is 5.26 Å². The average molecular weight is 195 g/mol. The van der Waals surface area contributed by atoms with Crippen LogP contribution in [0.4, 0.5) is 0 Å². The fourth-order valence-electron chi connectivity index (χ4n) is 1.82. The van der Waals surface area contributed by atoms with Gasteiger partial charge in [0.1, 0.15) is 5.54 Å². The lowest BCUT2D eigenvalue weighted by Crippen LogP contribution is -2.49. The zero-order chi connectivity index (χ0) is 10.8. The van der Waals surface area contributed by atoms with Crippen molar-refractivity contribution >= 4 is 0 Å². The highest BCUT2D eigenvalue weighted by Gasteiger charge is 2.29. The number of rotatable bonds is 2. The summed E-state index contributed by atoms with van der Waals surface area (Å²) in [6.45, 7) is 9.24. The number of nitrogens with zero attached hydrogens (tertiary/aromatic N) is 2. The van der Waals surface area contributed by atoms with Gasteiger partial charge in [0.15, 0.2) is 0 Å². The van der Waals surface area contributed by atoms with Gasteiger partial charge in [0, 0.05) is 6.54 Å². The normalized spacial score (nSPS) is 26.5. The van der Waals surface area contributed by atoms with Crippen LogP contribution in [0.25, 0.3) is 0 Å². The molecule has 80 valence electrons. The molecular formula is C11H21N3. The van der Waals surface area contributed by atoms with Crippen LogP contribution in [0.2, 0.25) is 0 Å². The fraction of sp³-hybridized carbons (Fsp3) is 0.909. The zero-order valence-corrected chi connectivity index (χ0v) is 9.51. The molecule has 0 saturated carbocycles. The van der Waals surface area contributed by atoms with Crippen molar-refractivity contribution in [3.63, 3.8) is 0 Å². The second-order valence-corrected chi connectivity index (χ2v) is 5.47. The molecule has 0 aromatic carbocycles. The van der Waals surface area contributed by atoms with Gasteiger partial charge in [-0.15, -0.1) is 0 Å². The van der Waals surface area contributed by atoms with E-state index in [4.69, 9.17) is 11.0 Å². The highest BCUT2D eigenvalue weighted by molar-refractivity contribution is 5.03. The number of likely N-dealkylation sites (tertiary alicyclic amines) is 1. The third kappa shape index (κ3) is 3.28. The van der Waals surface area contributed by atoms with Gasteiger partial charge in [-0.1, -0.05) is 13.8 Å². The van der Waals surface area contributed by atoms with Gasteiger partial charge >= 0.3 is 0 Å². The van der Waals surface area contributed by atoms with Gasteiger partial charge in [-0.2, -0.15) is 5.26 Å². The molecule has 1 rings (SSSR count). The van der Waals surface area contributed by atoms with Crippen molar-refractivity contribution in [1.82, 2.24) is 4.90 Å². The highest BCUT2D eigenvalue weighted by Crippen LogP contribution is 2.29. The molecule has 1 unspecified atom stereocenters. The van der Waals surface area contributed by atoms with Gasteiger partial charge in [0.2, 0.25) is 0 Å². The Hall–Kier alpha value is -0.590. The first-order chi connectivity index (χ1) is 6.35. The zero-order valence-electron chi connectivity index (χ0n) is 9.51. The average Bonchev–Trinajstić information content (AvgIpc) is 2.09. The Balaban J connectivity index is 2.41. The lowest BCUT2D eigenvalue weighted by molar-refractivity contribution is 0.121. The predicted octanol–water partition coefficient (Wildman–Crippen LogP) is 1.35. The van der Waals surface area contributed by atoms with Gasteiger partial charge in [-0.25, -0.2) is 0 Å². The van der Waals surface area contributed by atoms with E-state index in [2.05, 4.69) is 24.8 Å². The van der Waals surface area contributed by atoms with Crippen LogP contribution in [-0.4, -0.2) is 30.1 Å². The van der Waals surface area contributed by atoms with E-state index in [1.807, 2.05) is 0 Å². The number of piperidine rings is 1. The van der Waals surface area contributed by atoms with Crippen molar-refractivity contribution in [2.45, 2.75) is 39.2 Å². The van der Waals surface area contributed by atoms with Crippen molar-refractivity contribution in [3.8, 4) is 6.07 Å². The van der Waals surface area contributed by atoms with Crippen LogP contribution in [-0.2, 0) is 0 Å². The Kier molecular flexibility index (Phi) is 3.18. The minimum absolute atomic E-state index is 0.466. The first kappa shape index (κ1) is 11.5. The van der Waals surface area contributed by atoms with Gasteiger partial charge in [-0.3, -0.25) is 0 Å². The lowest BCUT2D eigenvalue weighted by atomic mass is 9.82. The number of hydrogen-bond acceptors (Lipinski definition) is 3. The molecule has 0 radical (unpaired) electrons. The maximum absolute atomic E-state index is 8.83. The van der Waals surface area contributed by atoms with E-state index in [1.54, 1.807) is 6.92 Å². The molecule has 1 aliphatic heterocycles. The summed E-state index contributed by atoms with van der Waals surface area (Å²) in [5, 5.41) is 8.83. The molecule has 2 N–H and O–H groups in total. The summed E-state index contributed by atoms with van der Waals surface area (Å²) >= 11 is 0. The van der Waals surface area contributed by atoms with Crippen molar-refractivity contribution < 1.29 is 0 Å². The molecule has 0 bridgehead atoms. The molecule has 3 nitrogen and oxygen atoms in total. The van der Waals surface area contributed by atoms with E-state index in [1.165, 1.54) is 12.8 Å². The van der Waals surface area contributed by atoms with E-state index in [0.29, 0.717) is 12.0 Å². The van der Waals surface area contributed by atoms with E-state index < -0.39 is 5.54 Å². The summed E-state index contributed by atoms with van der Waals surface area (Å²) in [6.07, 6.45) is 2.41. The summed E-state index contributed by atoms with van der Waals surface area (Å²) in [5.74, 6) is 0. The minimum atomic E-state index is -0.693. The Morgan fingerprint density at radius 2 is 1.93 bits per heavy atom. The van der Waals surface area contributed by atoms with Crippen molar-refractivity contribution in [2.24, 2.45) is 11.1 Å². The Bertz CT molecular complexity index is 227. The maximum Gasteiger partial charge on any atom is 0.114 e. The molecule has 1 heterocycles. The highest BCUT2D eigenvalue weighted by atomic mass is 15.1. The van der Waals surface area contributed by atoms with Crippen molar-refractivity contribution in [2.75, 3.05) is 19.6 Å². The van der Waals surface area contributed by atoms with Gasteiger partial charge in [0.05, 0.1) is 6.07 Å². The summed E-state index contributed by atoms with van der Waals surface area (Å²) in [6, 6.07) is 2.15. The molecular weight excluding hydrogens is 174 g/mol. The number of hydrogen-bond donors (Lipinski definition) is 1. The minimum Gasteiger partial charge on any atom is -0.313 e. The summed E-state index contributed by atoms with van der Waals surface area (Å²) in [5.41, 5.74) is 5.59. The molecule has 3 heteroatoms. The lowest BCUT2D eigenvalue weighted by Gasteiger charge is -2.38. The topological polar surface area (TPSA) is 53.1 Å². The predicted molar refractivity (Wildman–Crippen MR) is 57.7 cm³/mol. The molecule has 0 aliphatic carbocycles. The SMILES string of the molecule is CC(N)(C#N)CN1CCC(C)(C)CC1. The summed E-state index contributed by atoms with van der Waals surface area (Å²) in [4.78, 5) is 2.30. The standard InChI is InChI=1S/C11H21N3/c1-10(2)4-6-14(7-5-10)9-11(3,13)8-12/h4-7,9,13H2,1-3H3. The van der Waals surface area contributed by atoms with Gasteiger partial charge in [0.25, 0.3) is 0 Å². The Morgan fingerprint density at radius 1 is 1.43 bits per heavy atom. The number of nitrogens with two attached hydrogens (primary N) is 1. The van der Waals surface area contributed by atoms with E-state index in [9.17, 15) is 0 Å². The fourth-order valence-corrected chi connectivity index (χ4v) is 1.82. The molecule has 1 saturated heterocycles. The van der Waals surface area contributed by atoms with Crippen LogP contribution in [0.3, 0.4) is 0 Å². The molecule has 14 heavy (non-hydrogen) atoms. The molecule has 0 amide bonds. The van der Waals surface area contributed by atoms with Crippen LogP contribution in [0, 0.1) is 16.7 Å². The third-order valence-corrected chi connectivity index (χ3v) is 3.02. The van der Waals surface area contributed by atoms with E-state index in [-0.39, 0.29) is 0 Å². The van der Waals surface area contributed by atoms with Gasteiger partial charge < -0.3 is 10.6 Å². The first-order valence-corrected chi connectivity index (χ1v) is 5.27. The van der Waals surface area contributed by atoms with Crippen LogP contribution in [0.15, 0.2) is 0 Å². The molecule has 1 aliphatic rings.